The van der Waals surface area contributed by atoms with E-state index in [2.05, 4.69) is 208 Å². The minimum Gasteiger partial charge on any atom is -0.353 e. The third-order valence-electron chi connectivity index (χ3n) is 21.4. The zero-order valence-electron chi connectivity index (χ0n) is 69.8. The van der Waals surface area contributed by atoms with Crippen LogP contribution in [-0.4, -0.2) is 354 Å². The standard InChI is InChI=1S/C12H25N3O.C11H22N2O.C11H24N2.C10H23N2OP.C10H22N2.C9H19N.C8H18N2.C8H17N/c1-10(2)15-7-5-11(6-8-15)13-12(16)9-14(3)4;1-4-11(14)12-10-5-7-13(8-6-10)9(2)3;1-4-5-6-12-7-9-13(10-8-12)11(2)3;1-10(2)12-7-5-11(6-8-12)9-14(3,4)13;1-9(2)12-7-5-10(6-8-12)11(3)4;1-9(2)10-7-5-3-4-6-8-10;1-8(2)10-6-4-9(3)5-7-10;1-8(2)9-6-4-3-5-7-9/h10-11H,5-9H2,1-4H3,(H,13,16);9-10H,4-8H2,1-3H3,(H,12,14);11H,4-10H2,1-3H3;10H,5-9H2,1-4H3;9-10H,5-8H2,1-4H3;9H,3-8H2,1-2H3;8H,4-7H2,1-3H3;8H,3-7H2,1-2H3. The third-order valence-corrected chi connectivity index (χ3v) is 22.5. The Hall–Kier alpha value is -1.35. The highest BCUT2D eigenvalue weighted by Gasteiger charge is 2.26. The number of unbranched alkanes of at least 4 members (excludes halogenated alkanes) is 1. The predicted molar refractivity (Wildman–Crippen MR) is 429 cm³/mol. The van der Waals surface area contributed by atoms with E-state index in [1.54, 1.807) is 0 Å². The molecule has 0 bridgehead atoms. The van der Waals surface area contributed by atoms with Crippen LogP contribution in [0.3, 0.4) is 0 Å². The summed E-state index contributed by atoms with van der Waals surface area (Å²) in [5.41, 5.74) is 0. The Bertz CT molecular complexity index is 1910. The summed E-state index contributed by atoms with van der Waals surface area (Å²) in [7, 11) is 8.54. The molecule has 2 amide bonds. The van der Waals surface area contributed by atoms with Crippen molar-refractivity contribution in [1.82, 2.24) is 74.3 Å². The summed E-state index contributed by atoms with van der Waals surface area (Å²) < 4.78 is 11.6. The first-order valence-electron chi connectivity index (χ1n) is 40.7. The summed E-state index contributed by atoms with van der Waals surface area (Å²) in [6.07, 6.45) is 21.1. The Balaban J connectivity index is 0.000000563. The normalized spacial score (nSPS) is 21.6. The van der Waals surface area contributed by atoms with E-state index < -0.39 is 7.14 Å². The van der Waals surface area contributed by atoms with E-state index in [4.69, 9.17) is 0 Å². The molecule has 98 heavy (non-hydrogen) atoms. The van der Waals surface area contributed by atoms with E-state index >= 15 is 0 Å². The Morgan fingerprint density at radius 3 is 0.969 bits per heavy atom. The molecule has 8 fully saturated rings. The maximum Gasteiger partial charge on any atom is 0.234 e. The van der Waals surface area contributed by atoms with Crippen LogP contribution < -0.4 is 10.6 Å². The van der Waals surface area contributed by atoms with Crippen molar-refractivity contribution >= 4 is 19.0 Å². The second-order valence-corrected chi connectivity index (χ2v) is 36.7. The summed E-state index contributed by atoms with van der Waals surface area (Å²) in [4.78, 5) is 54.6. The molecule has 0 aromatic carbocycles. The number of carbonyl (C=O) groups excluding carboxylic acids is 2. The van der Waals surface area contributed by atoms with Crippen LogP contribution in [-0.2, 0) is 14.2 Å². The number of nitrogens with zero attached hydrogens (tertiary/aromatic N) is 13. The Morgan fingerprint density at radius 2 is 0.673 bits per heavy atom. The van der Waals surface area contributed by atoms with Gasteiger partial charge in [-0.15, -0.1) is 0 Å². The molecular formula is C79H170N15O3P. The number of nitrogens with one attached hydrogen (secondary N) is 2. The SMILES string of the molecule is CC(C)N1CCC(N(C)C)CC1.CC(C)N1CCC(NC(=O)CN(C)C)CC1.CC(C)N1CCCCC1.CC(C)N1CCCCCC1.CC(C)N1CCN(C)CC1.CC(C)N1CCN(CP(C)(C)=O)CC1.CCC(=O)NC1CCN(C(C)C)CC1.CCCCN1CCN(C(C)C)CC1. The summed E-state index contributed by atoms with van der Waals surface area (Å²) in [5, 5.41) is 6.16. The molecule has 584 valence electrons. The molecule has 19 heteroatoms. The highest BCUT2D eigenvalue weighted by Crippen LogP contribution is 2.36. The smallest absolute Gasteiger partial charge is 0.234 e. The fourth-order valence-corrected chi connectivity index (χ4v) is 15.3. The van der Waals surface area contributed by atoms with Crippen LogP contribution in [0.25, 0.3) is 0 Å². The highest BCUT2D eigenvalue weighted by atomic mass is 31.2. The van der Waals surface area contributed by atoms with Crippen LogP contribution in [0.2, 0.25) is 0 Å². The first-order valence-corrected chi connectivity index (χ1v) is 43.4. The third kappa shape index (κ3) is 45.8. The lowest BCUT2D eigenvalue weighted by molar-refractivity contribution is -0.123. The second kappa shape index (κ2) is 54.3. The minimum absolute atomic E-state index is 0.146. The van der Waals surface area contributed by atoms with E-state index in [0.29, 0.717) is 43.2 Å². The zero-order chi connectivity index (χ0) is 73.9. The predicted octanol–water partition coefficient (Wildman–Crippen LogP) is 11.5. The van der Waals surface area contributed by atoms with E-state index in [1.807, 2.05) is 39.2 Å². The second-order valence-electron chi connectivity index (χ2n) is 33.3. The molecule has 0 aliphatic carbocycles. The maximum absolute atomic E-state index is 11.6. The molecule has 8 saturated heterocycles. The van der Waals surface area contributed by atoms with Gasteiger partial charge in [0, 0.05) is 178 Å². The number of amides is 2. The number of likely N-dealkylation sites (tertiary alicyclic amines) is 5. The van der Waals surface area contributed by atoms with Crippen LogP contribution >= 0.6 is 7.14 Å². The average molecular weight is 1410 g/mol. The molecule has 8 aliphatic rings. The van der Waals surface area contributed by atoms with Crippen LogP contribution in [0, 0.1) is 0 Å². The van der Waals surface area contributed by atoms with Crippen molar-refractivity contribution in [3.8, 4) is 0 Å². The zero-order valence-corrected chi connectivity index (χ0v) is 70.7. The van der Waals surface area contributed by atoms with Crippen LogP contribution in [0.5, 0.6) is 0 Å². The molecule has 0 radical (unpaired) electrons. The molecule has 8 heterocycles. The summed E-state index contributed by atoms with van der Waals surface area (Å²) >= 11 is 0. The van der Waals surface area contributed by atoms with Gasteiger partial charge >= 0.3 is 0 Å². The quantitative estimate of drug-likeness (QED) is 0.119. The monoisotopic (exact) mass is 1410 g/mol. The highest BCUT2D eigenvalue weighted by molar-refractivity contribution is 7.62. The molecule has 0 aromatic rings. The molecule has 0 aromatic heterocycles. The van der Waals surface area contributed by atoms with Gasteiger partial charge in [-0.1, -0.05) is 39.5 Å². The van der Waals surface area contributed by atoms with Crippen LogP contribution in [0.4, 0.5) is 0 Å². The lowest BCUT2D eigenvalue weighted by Crippen LogP contribution is -2.48. The molecule has 8 rings (SSSR count). The molecule has 0 saturated carbocycles. The Kier molecular flexibility index (Phi) is 52.4. The van der Waals surface area contributed by atoms with Gasteiger partial charge in [0.25, 0.3) is 0 Å². The van der Waals surface area contributed by atoms with Crippen molar-refractivity contribution in [3.05, 3.63) is 0 Å². The summed E-state index contributed by atoms with van der Waals surface area (Å²) in [5.74, 6) is 0.334. The van der Waals surface area contributed by atoms with Crippen molar-refractivity contribution in [2.24, 2.45) is 0 Å². The van der Waals surface area contributed by atoms with Gasteiger partial charge in [0.1, 0.15) is 0 Å². The number of hydrogen-bond donors (Lipinski definition) is 2. The van der Waals surface area contributed by atoms with Gasteiger partial charge in [-0.2, -0.15) is 0 Å². The number of likely N-dealkylation sites (N-methyl/N-ethyl adjacent to an activating group) is 2. The molecular weight excluding hydrogens is 1240 g/mol. The van der Waals surface area contributed by atoms with E-state index in [9.17, 15) is 14.2 Å². The summed E-state index contributed by atoms with van der Waals surface area (Å²) in [6.45, 7) is 72.7. The van der Waals surface area contributed by atoms with E-state index in [0.717, 1.165) is 121 Å². The van der Waals surface area contributed by atoms with Crippen molar-refractivity contribution in [1.29, 1.82) is 0 Å². The molecule has 0 unspecified atom stereocenters. The average Bonchev–Trinajstić information content (AvgIpc) is 1.21. The van der Waals surface area contributed by atoms with Crippen molar-refractivity contribution in [2.45, 2.75) is 294 Å². The van der Waals surface area contributed by atoms with Gasteiger partial charge in [-0.05, 0) is 276 Å². The van der Waals surface area contributed by atoms with E-state index in [-0.39, 0.29) is 11.8 Å². The molecule has 0 atom stereocenters. The number of piperidine rings is 4. The van der Waals surface area contributed by atoms with Gasteiger partial charge < -0.3 is 59.3 Å². The minimum atomic E-state index is -1.87. The first-order chi connectivity index (χ1) is 46.2. The van der Waals surface area contributed by atoms with Gasteiger partial charge in [0.05, 0.1) is 20.0 Å². The van der Waals surface area contributed by atoms with Gasteiger partial charge in [-0.3, -0.25) is 29.2 Å². The first kappa shape index (κ1) is 94.7. The Labute approximate surface area is 610 Å². The van der Waals surface area contributed by atoms with Crippen LogP contribution in [0.15, 0.2) is 0 Å². The fourth-order valence-electron chi connectivity index (χ4n) is 14.1. The van der Waals surface area contributed by atoms with Crippen molar-refractivity contribution in [3.63, 3.8) is 0 Å². The van der Waals surface area contributed by atoms with E-state index in [1.165, 1.54) is 169 Å². The van der Waals surface area contributed by atoms with Crippen LogP contribution in [0.1, 0.15) is 227 Å². The molecule has 18 nitrogen and oxygen atoms in total. The summed E-state index contributed by atoms with van der Waals surface area (Å²) in [6, 6.07) is 7.24. The maximum atomic E-state index is 11.6. The number of rotatable bonds is 19. The van der Waals surface area contributed by atoms with Gasteiger partial charge in [-0.25, -0.2) is 0 Å². The number of carbonyl (C=O) groups is 2. The molecule has 0 spiro atoms. The molecule has 8 aliphatic heterocycles. The van der Waals surface area contributed by atoms with Crippen molar-refractivity contribution < 1.29 is 14.2 Å². The largest absolute Gasteiger partial charge is 0.353 e. The van der Waals surface area contributed by atoms with Gasteiger partial charge in [0.15, 0.2) is 0 Å². The topological polar surface area (TPSA) is 117 Å². The lowest BCUT2D eigenvalue weighted by Gasteiger charge is -2.37. The van der Waals surface area contributed by atoms with Crippen molar-refractivity contribution in [2.75, 3.05) is 212 Å². The number of hydrogen-bond acceptors (Lipinski definition) is 16. The number of piperazine rings is 3. The van der Waals surface area contributed by atoms with Gasteiger partial charge in [0.2, 0.25) is 11.8 Å². The Morgan fingerprint density at radius 1 is 0.388 bits per heavy atom. The fraction of sp³-hybridized carbons (Fsp3) is 0.975. The molecule has 2 N–H and O–H groups in total. The lowest BCUT2D eigenvalue weighted by atomic mass is 10.0.